The van der Waals surface area contributed by atoms with Crippen LogP contribution >= 0.6 is 0 Å². The van der Waals surface area contributed by atoms with Crippen molar-refractivity contribution in [2.75, 3.05) is 6.61 Å². The third kappa shape index (κ3) is 3.96. The largest absolute Gasteiger partial charge is 0.376 e. The minimum Gasteiger partial charge on any atom is -0.376 e. The van der Waals surface area contributed by atoms with Gasteiger partial charge in [-0.05, 0) is 18.4 Å². The maximum atomic E-state index is 14.6. The number of ether oxygens (including phenoxy) is 1. The number of nitrogens with zero attached hydrogens (tertiary/aromatic N) is 2. The molecule has 1 aromatic carbocycles. The third-order valence-corrected chi connectivity index (χ3v) is 4.99. The van der Waals surface area contributed by atoms with Crippen molar-refractivity contribution in [3.05, 3.63) is 69.0 Å². The van der Waals surface area contributed by atoms with Crippen LogP contribution in [0.3, 0.4) is 0 Å². The Bertz CT molecular complexity index is 831. The molecule has 0 bridgehead atoms. The Kier molecular flexibility index (Phi) is 6.04. The molecule has 0 aliphatic heterocycles. The first-order valence-electron chi connectivity index (χ1n) is 9.19. The van der Waals surface area contributed by atoms with Gasteiger partial charge in [0.05, 0.1) is 19.3 Å². The quantitative estimate of drug-likeness (QED) is 0.727. The molecule has 6 heteroatoms. The zero-order chi connectivity index (χ0) is 18.5. The van der Waals surface area contributed by atoms with E-state index in [1.54, 1.807) is 0 Å². The maximum absolute atomic E-state index is 14.6. The molecule has 1 saturated carbocycles. The number of hydrogen-bond acceptors (Lipinski definition) is 3. The summed E-state index contributed by atoms with van der Waals surface area (Å²) in [6.45, 7) is 3.16. The molecule has 2 aromatic rings. The van der Waals surface area contributed by atoms with Crippen LogP contribution in [-0.4, -0.2) is 21.9 Å². The standard InChI is InChI=1S/C20H25FN2O3/c1-2-3-10-23-18(24)9-11-22(20(23)25)17-12-16(19(17)21)14-26-13-15-7-5-4-6-8-15/h4-9,11,16-17,19H,2-3,10,12-14H2,1H3/t16-,17+,19-/m1/s1. The third-order valence-electron chi connectivity index (χ3n) is 4.99. The molecule has 3 atom stereocenters. The van der Waals surface area contributed by atoms with Gasteiger partial charge in [-0.1, -0.05) is 43.7 Å². The molecule has 1 fully saturated rings. The highest BCUT2D eigenvalue weighted by Gasteiger charge is 2.43. The smallest absolute Gasteiger partial charge is 0.331 e. The lowest BCUT2D eigenvalue weighted by Crippen LogP contribution is -2.49. The zero-order valence-electron chi connectivity index (χ0n) is 15.0. The van der Waals surface area contributed by atoms with Crippen LogP contribution < -0.4 is 11.2 Å². The van der Waals surface area contributed by atoms with E-state index in [4.69, 9.17) is 4.74 Å². The molecule has 0 spiro atoms. The first kappa shape index (κ1) is 18.6. The Hall–Kier alpha value is -2.21. The molecule has 0 amide bonds. The predicted molar refractivity (Wildman–Crippen MR) is 98.0 cm³/mol. The summed E-state index contributed by atoms with van der Waals surface area (Å²) in [6, 6.07) is 10.6. The van der Waals surface area contributed by atoms with Crippen molar-refractivity contribution in [3.63, 3.8) is 0 Å². The van der Waals surface area contributed by atoms with Gasteiger partial charge in [0.25, 0.3) is 5.56 Å². The summed E-state index contributed by atoms with van der Waals surface area (Å²) in [5.41, 5.74) is 0.317. The number of halogens is 1. The minimum absolute atomic E-state index is 0.216. The molecule has 1 aromatic heterocycles. The Morgan fingerprint density at radius 1 is 1.19 bits per heavy atom. The first-order valence-corrected chi connectivity index (χ1v) is 9.19. The van der Waals surface area contributed by atoms with Crippen molar-refractivity contribution in [2.45, 2.75) is 51.6 Å². The molecule has 0 saturated heterocycles. The second-order valence-electron chi connectivity index (χ2n) is 6.86. The van der Waals surface area contributed by atoms with Gasteiger partial charge in [-0.25, -0.2) is 9.18 Å². The number of benzene rings is 1. The minimum atomic E-state index is -1.14. The molecule has 1 aliphatic rings. The molecule has 140 valence electrons. The topological polar surface area (TPSA) is 53.2 Å². The van der Waals surface area contributed by atoms with Crippen LogP contribution in [0.15, 0.2) is 52.2 Å². The van der Waals surface area contributed by atoms with Crippen LogP contribution in [0.25, 0.3) is 0 Å². The van der Waals surface area contributed by atoms with Crippen LogP contribution in [0, 0.1) is 5.92 Å². The lowest BCUT2D eigenvalue weighted by molar-refractivity contribution is -0.0319. The van der Waals surface area contributed by atoms with Crippen LogP contribution in [0.4, 0.5) is 4.39 Å². The fraction of sp³-hybridized carbons (Fsp3) is 0.500. The highest BCUT2D eigenvalue weighted by Crippen LogP contribution is 2.40. The molecular formula is C20H25FN2O3. The highest BCUT2D eigenvalue weighted by molar-refractivity contribution is 5.13. The van der Waals surface area contributed by atoms with E-state index in [0.29, 0.717) is 26.2 Å². The molecular weight excluding hydrogens is 335 g/mol. The van der Waals surface area contributed by atoms with E-state index in [9.17, 15) is 14.0 Å². The van der Waals surface area contributed by atoms with Crippen molar-refractivity contribution in [1.82, 2.24) is 9.13 Å². The van der Waals surface area contributed by atoms with Crippen LogP contribution in [0.2, 0.25) is 0 Å². The van der Waals surface area contributed by atoms with Crippen LogP contribution in [0.5, 0.6) is 0 Å². The number of aromatic nitrogens is 2. The number of rotatable bonds is 8. The van der Waals surface area contributed by atoms with E-state index in [2.05, 4.69) is 0 Å². The lowest BCUT2D eigenvalue weighted by atomic mass is 9.78. The first-order chi connectivity index (χ1) is 12.6. The summed E-state index contributed by atoms with van der Waals surface area (Å²) in [7, 11) is 0. The molecule has 5 nitrogen and oxygen atoms in total. The lowest BCUT2D eigenvalue weighted by Gasteiger charge is -2.40. The van der Waals surface area contributed by atoms with Gasteiger partial charge >= 0.3 is 5.69 Å². The van der Waals surface area contributed by atoms with Gasteiger partial charge in [0, 0.05) is 24.7 Å². The van der Waals surface area contributed by atoms with Gasteiger partial charge in [-0.2, -0.15) is 0 Å². The Morgan fingerprint density at radius 3 is 2.65 bits per heavy atom. The SMILES string of the molecule is CCCCn1c(=O)ccn([C@H]2C[C@H](COCc3ccccc3)[C@H]2F)c1=O. The van der Waals surface area contributed by atoms with Crippen LogP contribution in [-0.2, 0) is 17.9 Å². The van der Waals surface area contributed by atoms with Gasteiger partial charge in [0.2, 0.25) is 0 Å². The van der Waals surface area contributed by atoms with Gasteiger partial charge in [0.1, 0.15) is 6.17 Å². The summed E-state index contributed by atoms with van der Waals surface area (Å²) in [5.74, 6) is -0.216. The van der Waals surface area contributed by atoms with E-state index in [-0.39, 0.29) is 11.5 Å². The monoisotopic (exact) mass is 360 g/mol. The second kappa shape index (κ2) is 8.45. The van der Waals surface area contributed by atoms with Crippen molar-refractivity contribution in [2.24, 2.45) is 5.92 Å². The summed E-state index contributed by atoms with van der Waals surface area (Å²) in [5, 5.41) is 0. The van der Waals surface area contributed by atoms with Crippen LogP contribution in [0.1, 0.15) is 37.8 Å². The van der Waals surface area contributed by atoms with Crippen molar-refractivity contribution >= 4 is 0 Å². The van der Waals surface area contributed by atoms with E-state index in [1.807, 2.05) is 37.3 Å². The van der Waals surface area contributed by atoms with Crippen molar-refractivity contribution in [1.29, 1.82) is 0 Å². The second-order valence-corrected chi connectivity index (χ2v) is 6.86. The van der Waals surface area contributed by atoms with E-state index >= 15 is 0 Å². The Balaban J connectivity index is 1.59. The van der Waals surface area contributed by atoms with Gasteiger partial charge < -0.3 is 4.74 Å². The molecule has 3 rings (SSSR count). The molecule has 0 radical (unpaired) electrons. The fourth-order valence-electron chi connectivity index (χ4n) is 3.32. The maximum Gasteiger partial charge on any atom is 0.331 e. The van der Waals surface area contributed by atoms with Gasteiger partial charge in [-0.3, -0.25) is 13.9 Å². The Morgan fingerprint density at radius 2 is 1.96 bits per heavy atom. The van der Waals surface area contributed by atoms with Gasteiger partial charge in [0.15, 0.2) is 0 Å². The number of alkyl halides is 1. The Labute approximate surface area is 152 Å². The van der Waals surface area contributed by atoms with E-state index in [1.165, 1.54) is 21.4 Å². The summed E-state index contributed by atoms with van der Waals surface area (Å²) >= 11 is 0. The normalized spacial score (nSPS) is 22.2. The average Bonchev–Trinajstić information content (AvgIpc) is 2.65. The summed E-state index contributed by atoms with van der Waals surface area (Å²) in [4.78, 5) is 24.4. The average molecular weight is 360 g/mol. The molecule has 26 heavy (non-hydrogen) atoms. The fourth-order valence-corrected chi connectivity index (χ4v) is 3.32. The van der Waals surface area contributed by atoms with E-state index in [0.717, 1.165) is 18.4 Å². The summed E-state index contributed by atoms with van der Waals surface area (Å²) in [6.07, 6.45) is 2.46. The molecule has 1 heterocycles. The predicted octanol–water partition coefficient (Wildman–Crippen LogP) is 2.93. The highest BCUT2D eigenvalue weighted by atomic mass is 19.1. The van der Waals surface area contributed by atoms with Crippen molar-refractivity contribution in [3.8, 4) is 0 Å². The molecule has 1 aliphatic carbocycles. The number of unbranched alkanes of at least 4 members (excludes halogenated alkanes) is 1. The van der Waals surface area contributed by atoms with Crippen molar-refractivity contribution < 1.29 is 9.13 Å². The number of hydrogen-bond donors (Lipinski definition) is 0. The zero-order valence-corrected chi connectivity index (χ0v) is 15.0. The summed E-state index contributed by atoms with van der Waals surface area (Å²) < 4.78 is 22.8. The van der Waals surface area contributed by atoms with E-state index < -0.39 is 17.9 Å². The molecule has 0 unspecified atom stereocenters. The van der Waals surface area contributed by atoms with Gasteiger partial charge in [-0.15, -0.1) is 0 Å². The molecule has 0 N–H and O–H groups in total.